The lowest BCUT2D eigenvalue weighted by atomic mass is 9.59. The summed E-state index contributed by atoms with van der Waals surface area (Å²) in [5, 5.41) is 11.5. The average Bonchev–Trinajstić information content (AvgIpc) is 4.04. The molecule has 68 heavy (non-hydrogen) atoms. The first kappa shape index (κ1) is 40.5. The van der Waals surface area contributed by atoms with E-state index < -0.39 is 0 Å². The molecule has 331 valence electrons. The molecule has 0 amide bonds. The van der Waals surface area contributed by atoms with Gasteiger partial charge in [-0.1, -0.05) is 135 Å². The van der Waals surface area contributed by atoms with Crippen LogP contribution in [0.4, 0.5) is 11.4 Å². The molecular weight excluding hydrogens is 844 g/mol. The quantitative estimate of drug-likeness (QED) is 0.179. The van der Waals surface area contributed by atoms with E-state index in [1.165, 1.54) is 127 Å². The van der Waals surface area contributed by atoms with E-state index >= 15 is 0 Å². The number of rotatable bonds is 3. The molecule has 0 unspecified atom stereocenters. The van der Waals surface area contributed by atoms with E-state index in [9.17, 15) is 0 Å². The number of nitrogens with one attached hydrogen (secondary N) is 1. The number of anilines is 2. The van der Waals surface area contributed by atoms with E-state index in [4.69, 9.17) is 4.42 Å². The molecule has 1 aliphatic heterocycles. The molecule has 0 saturated carbocycles. The van der Waals surface area contributed by atoms with Crippen molar-refractivity contribution in [3.8, 4) is 27.9 Å². The van der Waals surface area contributed by atoms with Crippen LogP contribution in [0.1, 0.15) is 103 Å². The van der Waals surface area contributed by atoms with Gasteiger partial charge >= 0.3 is 0 Å². The number of hydrogen-bond donors (Lipinski definition) is 1. The monoisotopic (exact) mass is 897 g/mol. The molecule has 0 fully saturated rings. The van der Waals surface area contributed by atoms with Crippen LogP contribution in [-0.4, -0.2) is 11.8 Å². The van der Waals surface area contributed by atoms with Crippen LogP contribution in [0.15, 0.2) is 138 Å². The Morgan fingerprint density at radius 3 is 2.06 bits per heavy atom. The van der Waals surface area contributed by atoms with Crippen molar-refractivity contribution in [1.29, 1.82) is 0 Å². The minimum absolute atomic E-state index is 0.0632. The number of para-hydroxylation sites is 1. The highest BCUT2D eigenvalue weighted by atomic mass is 32.1. The lowest BCUT2D eigenvalue weighted by Crippen LogP contribution is -2.37. The Morgan fingerprint density at radius 1 is 0.574 bits per heavy atom. The summed E-state index contributed by atoms with van der Waals surface area (Å²) in [5.74, 6) is 0. The third-order valence-electron chi connectivity index (χ3n) is 16.6. The second-order valence-electron chi connectivity index (χ2n) is 23.1. The van der Waals surface area contributed by atoms with Crippen molar-refractivity contribution in [1.82, 2.24) is 4.57 Å². The predicted octanol–water partition coefficient (Wildman–Crippen LogP) is 16.4. The number of benzene rings is 8. The van der Waals surface area contributed by atoms with E-state index in [0.29, 0.717) is 0 Å². The van der Waals surface area contributed by atoms with Gasteiger partial charge in [-0.25, -0.2) is 0 Å². The van der Waals surface area contributed by atoms with Crippen LogP contribution < -0.4 is 16.2 Å². The van der Waals surface area contributed by atoms with E-state index in [-0.39, 0.29) is 21.7 Å². The number of fused-ring (bicyclic) bond motifs is 16. The van der Waals surface area contributed by atoms with E-state index in [1.54, 1.807) is 0 Å². The molecule has 5 heteroatoms. The molecule has 8 aromatic carbocycles. The number of nitrogens with zero attached hydrogens (tertiary/aromatic N) is 1. The van der Waals surface area contributed by atoms with Crippen LogP contribution in [0.5, 0.6) is 0 Å². The van der Waals surface area contributed by atoms with Crippen molar-refractivity contribution >= 4 is 105 Å². The zero-order valence-corrected chi connectivity index (χ0v) is 41.3. The highest BCUT2D eigenvalue weighted by Crippen LogP contribution is 2.56. The molecule has 0 spiro atoms. The van der Waals surface area contributed by atoms with Crippen LogP contribution >= 0.6 is 11.3 Å². The molecule has 3 aromatic heterocycles. The summed E-state index contributed by atoms with van der Waals surface area (Å²) < 4.78 is 11.8. The maximum absolute atomic E-state index is 6.58. The Kier molecular flexibility index (Phi) is 7.96. The van der Waals surface area contributed by atoms with Gasteiger partial charge in [0.25, 0.3) is 0 Å². The van der Waals surface area contributed by atoms with Gasteiger partial charge in [-0.15, -0.1) is 11.3 Å². The molecule has 1 radical (unpaired) electrons. The van der Waals surface area contributed by atoms with Crippen molar-refractivity contribution in [3.05, 3.63) is 161 Å². The third-order valence-corrected chi connectivity index (χ3v) is 17.8. The van der Waals surface area contributed by atoms with Gasteiger partial charge in [0.05, 0.1) is 5.52 Å². The van der Waals surface area contributed by atoms with Gasteiger partial charge in [-0.2, -0.15) is 0 Å². The molecule has 1 N–H and O–H groups in total. The zero-order chi connectivity index (χ0) is 46.4. The van der Waals surface area contributed by atoms with Crippen molar-refractivity contribution in [2.24, 2.45) is 0 Å². The van der Waals surface area contributed by atoms with Crippen molar-refractivity contribution < 1.29 is 4.42 Å². The van der Waals surface area contributed by atoms with E-state index in [1.807, 2.05) is 11.3 Å². The normalized spacial score (nSPS) is 16.4. The van der Waals surface area contributed by atoms with Gasteiger partial charge in [-0.05, 0) is 146 Å². The summed E-state index contributed by atoms with van der Waals surface area (Å²) >= 11 is 1.89. The van der Waals surface area contributed by atoms with Crippen LogP contribution in [0.25, 0.3) is 91.9 Å². The summed E-state index contributed by atoms with van der Waals surface area (Å²) in [6.07, 6.45) is 2.39. The van der Waals surface area contributed by atoms with Gasteiger partial charge < -0.3 is 14.3 Å². The summed E-state index contributed by atoms with van der Waals surface area (Å²) in [5.41, 5.74) is 22.6. The van der Waals surface area contributed by atoms with Crippen molar-refractivity contribution in [2.45, 2.75) is 96.8 Å². The summed E-state index contributed by atoms with van der Waals surface area (Å²) in [7, 11) is 2.49. The molecular formula is C63H54BN2OS. The summed E-state index contributed by atoms with van der Waals surface area (Å²) in [6, 6.07) is 51.0. The Hall–Kier alpha value is -6.56. The SMILES string of the molecule is CC(C)(C)c1ccc(Nc2cc3c(cc2-c2ccc4c5c6c(ccc5n5c4c2[B]c2cc4sc7ccccc7c4cc2-5)oc2ccccc26)-c2cc4c(cc2C3(C)C)C(C)(C)CCC4(C)C)cc1. The first-order valence-corrected chi connectivity index (χ1v) is 25.3. The third kappa shape index (κ3) is 5.48. The molecule has 0 bridgehead atoms. The Morgan fingerprint density at radius 2 is 1.28 bits per heavy atom. The van der Waals surface area contributed by atoms with Gasteiger partial charge in [0.15, 0.2) is 7.28 Å². The lowest BCUT2D eigenvalue weighted by molar-refractivity contribution is 0.331. The molecule has 0 atom stereocenters. The van der Waals surface area contributed by atoms with Gasteiger partial charge in [0.2, 0.25) is 0 Å². The standard InChI is InChI=1S/C63H54BN2OS/c1-60(2,3)34-18-20-35(21-19-34)65-49-32-45-40(41-29-46-47(31-44(41)63(45,8)9)62(6,7)27-26-61(46,4)5)28-42(49)37-22-23-39-56-50(24-25-53-57(56)38-15-10-12-16-52(38)67-53)66-51-30-43-36-14-11-13-17-54(36)68-55(43)33-48(51)64-58(37)59(39)66/h10-25,28-33,65H,26-27H2,1-9H3. The first-order valence-electron chi connectivity index (χ1n) is 24.5. The number of hydrogen-bond acceptors (Lipinski definition) is 3. The van der Waals surface area contributed by atoms with E-state index in [0.717, 1.165) is 27.9 Å². The predicted molar refractivity (Wildman–Crippen MR) is 293 cm³/mol. The van der Waals surface area contributed by atoms with E-state index in [2.05, 4.69) is 213 Å². The number of aromatic nitrogens is 1. The second kappa shape index (κ2) is 13.4. The maximum atomic E-state index is 6.58. The summed E-state index contributed by atoms with van der Waals surface area (Å²) in [4.78, 5) is 0. The van der Waals surface area contributed by atoms with Gasteiger partial charge in [0.1, 0.15) is 11.2 Å². The highest BCUT2D eigenvalue weighted by molar-refractivity contribution is 7.26. The smallest absolute Gasteiger partial charge is 0.197 e. The minimum Gasteiger partial charge on any atom is -0.456 e. The van der Waals surface area contributed by atoms with Crippen LogP contribution in [0.3, 0.4) is 0 Å². The van der Waals surface area contributed by atoms with Crippen LogP contribution in [-0.2, 0) is 21.7 Å². The molecule has 11 aromatic rings. The summed E-state index contributed by atoms with van der Waals surface area (Å²) in [6.45, 7) is 21.6. The lowest BCUT2D eigenvalue weighted by Gasteiger charge is -2.42. The van der Waals surface area contributed by atoms with Crippen LogP contribution in [0, 0.1) is 0 Å². The fraction of sp³-hybridized carbons (Fsp3) is 0.238. The molecule has 4 heterocycles. The Bertz CT molecular complexity index is 4030. The van der Waals surface area contributed by atoms with Gasteiger partial charge in [-0.3, -0.25) is 0 Å². The highest BCUT2D eigenvalue weighted by Gasteiger charge is 2.43. The molecule has 14 rings (SSSR count). The second-order valence-corrected chi connectivity index (χ2v) is 24.2. The Labute approximate surface area is 403 Å². The molecule has 3 nitrogen and oxygen atoms in total. The largest absolute Gasteiger partial charge is 0.456 e. The van der Waals surface area contributed by atoms with Crippen LogP contribution in [0.2, 0.25) is 0 Å². The fourth-order valence-corrected chi connectivity index (χ4v) is 13.8. The molecule has 0 saturated heterocycles. The fourth-order valence-electron chi connectivity index (χ4n) is 12.7. The molecule has 3 aliphatic rings. The van der Waals surface area contributed by atoms with Crippen molar-refractivity contribution in [2.75, 3.05) is 5.32 Å². The van der Waals surface area contributed by atoms with Gasteiger partial charge in [0, 0.05) is 75.3 Å². The topological polar surface area (TPSA) is 30.1 Å². The Balaban J connectivity index is 1.07. The number of furan rings is 1. The number of thiophene rings is 1. The van der Waals surface area contributed by atoms with Crippen molar-refractivity contribution in [3.63, 3.8) is 0 Å². The minimum atomic E-state index is -0.188. The molecule has 2 aliphatic carbocycles. The average molecular weight is 898 g/mol. The zero-order valence-electron chi connectivity index (χ0n) is 40.5. The maximum Gasteiger partial charge on any atom is 0.197 e. The first-order chi connectivity index (χ1) is 32.5.